The summed E-state index contributed by atoms with van der Waals surface area (Å²) in [4.78, 5) is 85.3. The first-order valence-electron chi connectivity index (χ1n) is 47.3. The number of rotatable bonds is 2. The smallest absolute Gasteiger partial charge is 0.182 e. The molecule has 40 heteroatoms. The molecule has 150 heavy (non-hydrogen) atoms. The molecule has 0 amide bonds. The third-order valence-electron chi connectivity index (χ3n) is 22.7. The zero-order chi connectivity index (χ0) is 105. The maximum Gasteiger partial charge on any atom is 0.182 e. The summed E-state index contributed by atoms with van der Waals surface area (Å²) in [7, 11) is 4.15. The number of thiazole rings is 1. The quantitative estimate of drug-likeness (QED) is 0.125. The molecule has 38 nitrogen and oxygen atoms in total. The average Bonchev–Trinajstić information content (AvgIpc) is 1.64. The lowest BCUT2D eigenvalue weighted by molar-refractivity contribution is 0.880. The molecule has 28 aromatic rings. The van der Waals surface area contributed by atoms with Gasteiger partial charge in [0, 0.05) is 128 Å². The minimum Gasteiger partial charge on any atom is -0.348 e. The van der Waals surface area contributed by atoms with Crippen LogP contribution >= 0.6 is 22.9 Å². The Morgan fingerprint density at radius 2 is 1.07 bits per heavy atom. The predicted molar refractivity (Wildman–Crippen MR) is 590 cm³/mol. The minimum atomic E-state index is 0.653. The number of para-hydroxylation sites is 5. The monoisotopic (exact) mass is 2020 g/mol. The standard InChI is InChI=1S/C11H13N.C10H10N2.C9H10N2.C8H8N4.3C8H8N2.3C7H6N4.2C7H7N3.C7H6N2S.C6H5N3S/c1-8-9(2)12(3)11-7-5-4-6-10(8)11;1-9-7-11-12(8-9)10-5-3-2-4-6-10;1-7-10-8-5-3-4-6-9(8)11(7)2;1-6-10-8(12-11-6)7-3-2-4-9-5-7;1-6-5-10-8-7(6)3-2-4-9-8;1-7-6-9-8-4-2-3-5-10(7)8;1-7-6-9-10-5-3-2-4-8(7)10;1-5-2-9-6-3-8-4-10-7(6)11-5;1-5-6-7(11-4-10-5)9-3-2-8-6;1-5-10-4-6-7(11-5)9-3-2-8-6;1-5-2-3-6-7(4-5)9-10-8-6;1-5-3-2-4-6-7(5)9-10-8-6;1-5-2-3-7-6(4-5)8-9-10-7;1-4-5-6(8-2-7-4)10-3-9-5/h4-7H,1-3H3;2-8H,1H3;3-6H,1-2H3;2-5H,1H3,(H,10,11,12);2-5H,1H3,(H,9,10);2*2-6H,1H3;3*2-4H,1H3;2*2-4H,1H3,(H,8,9,10);2-4H,1H3;2-3H,1H3. The molecule has 4 N–H and O–H groups in total. The Balaban J connectivity index is 0.000000121. The van der Waals surface area contributed by atoms with Crippen LogP contribution in [0, 0.1) is 104 Å². The third-order valence-corrected chi connectivity index (χ3v) is 24.2. The van der Waals surface area contributed by atoms with Crippen LogP contribution in [-0.2, 0) is 14.1 Å². The van der Waals surface area contributed by atoms with Crippen LogP contribution in [0.5, 0.6) is 0 Å². The number of nitrogens with zero attached hydrogens (tertiary/aromatic N) is 34. The molecule has 0 aliphatic carbocycles. The van der Waals surface area contributed by atoms with Crippen molar-refractivity contribution in [1.82, 2.24) is 188 Å². The van der Waals surface area contributed by atoms with Gasteiger partial charge in [0.05, 0.1) is 74.3 Å². The van der Waals surface area contributed by atoms with E-state index >= 15 is 0 Å². The molecular formula is C110H108N38S2. The van der Waals surface area contributed by atoms with Gasteiger partial charge >= 0.3 is 0 Å². The van der Waals surface area contributed by atoms with Crippen molar-refractivity contribution < 1.29 is 0 Å². The van der Waals surface area contributed by atoms with E-state index in [4.69, 9.17) is 0 Å². The van der Waals surface area contributed by atoms with Gasteiger partial charge in [-0.3, -0.25) is 10.1 Å². The van der Waals surface area contributed by atoms with E-state index in [1.54, 1.807) is 73.8 Å². The number of pyridine rings is 4. The maximum absolute atomic E-state index is 4.38. The number of aromatic amines is 4. The van der Waals surface area contributed by atoms with Gasteiger partial charge in [-0.25, -0.2) is 104 Å². The predicted octanol–water partition coefficient (Wildman–Crippen LogP) is 21.3. The zero-order valence-corrected chi connectivity index (χ0v) is 87.3. The molecule has 22 heterocycles. The highest BCUT2D eigenvalue weighted by atomic mass is 32.1. The molecule has 0 saturated carbocycles. The van der Waals surface area contributed by atoms with E-state index < -0.39 is 0 Å². The fraction of sp³-hybridized carbons (Fsp3) is 0.155. The summed E-state index contributed by atoms with van der Waals surface area (Å²) < 4.78 is 15.1. The SMILES string of the molecule is Cc1c(C)n(C)c2ccccc12.Cc1c[nH]c2ncccc12.Cc1ccc2n[nH]nc2c1.Cc1ccc2snnc2c1.Cc1cccc2n[nH]nc12.Cc1cnc2ccccn12.Cc1cnc2cncnc2n1.Cc1cnn(-c2ccccc2)c1.Cc1cnn2ccccc12.Cc1nc(-c2cccnc2)n[nH]1.Cc1nc2ccccc2n1C.Cc1ncc2nccnc2n1.Cc1ncnc2nccnc12.Cc1ncnc2scnc12. The van der Waals surface area contributed by atoms with Gasteiger partial charge in [0.15, 0.2) is 22.8 Å². The fourth-order valence-electron chi connectivity index (χ4n) is 14.6. The highest BCUT2D eigenvalue weighted by Crippen LogP contribution is 2.25. The van der Waals surface area contributed by atoms with Crippen LogP contribution in [0.25, 0.3) is 137 Å². The lowest BCUT2D eigenvalue weighted by atomic mass is 10.2. The van der Waals surface area contributed by atoms with E-state index in [1.165, 1.54) is 108 Å². The molecule has 6 aromatic carbocycles. The molecule has 28 rings (SSSR count). The number of aryl methyl sites for hydroxylation is 16. The van der Waals surface area contributed by atoms with Crippen LogP contribution < -0.4 is 0 Å². The molecule has 0 aliphatic rings. The van der Waals surface area contributed by atoms with E-state index in [1.807, 2.05) is 268 Å². The van der Waals surface area contributed by atoms with E-state index in [0.717, 1.165) is 127 Å². The van der Waals surface area contributed by atoms with Crippen molar-refractivity contribution in [3.05, 3.63) is 409 Å². The molecule has 22 aromatic heterocycles. The Hall–Kier alpha value is -19.2. The second kappa shape index (κ2) is 51.8. The lowest BCUT2D eigenvalue weighted by Crippen LogP contribution is -1.92. The number of aromatic nitrogens is 38. The van der Waals surface area contributed by atoms with Crippen LogP contribution in [0.2, 0.25) is 0 Å². The van der Waals surface area contributed by atoms with Gasteiger partial charge in [-0.05, 0) is 264 Å². The minimum absolute atomic E-state index is 0.653. The largest absolute Gasteiger partial charge is 0.348 e. The van der Waals surface area contributed by atoms with Crippen molar-refractivity contribution in [2.75, 3.05) is 0 Å². The lowest BCUT2D eigenvalue weighted by Gasteiger charge is -1.98. The molecule has 0 bridgehead atoms. The molecule has 0 aliphatic heterocycles. The van der Waals surface area contributed by atoms with Crippen molar-refractivity contribution in [2.45, 2.75) is 104 Å². The first-order chi connectivity index (χ1) is 72.9. The summed E-state index contributed by atoms with van der Waals surface area (Å²) in [5.41, 5.74) is 34.3. The number of hydrogen-bond donors (Lipinski definition) is 4. The molecule has 0 radical (unpaired) electrons. The third kappa shape index (κ3) is 28.5. The van der Waals surface area contributed by atoms with Crippen molar-refractivity contribution >= 4 is 143 Å². The highest BCUT2D eigenvalue weighted by molar-refractivity contribution is 7.16. The Labute approximate surface area is 869 Å². The molecular weight excluding hydrogens is 1920 g/mol. The van der Waals surface area contributed by atoms with Crippen LogP contribution in [0.1, 0.15) is 84.9 Å². The van der Waals surface area contributed by atoms with Gasteiger partial charge < -0.3 is 18.5 Å². The molecule has 0 fully saturated rings. The molecule has 0 spiro atoms. The van der Waals surface area contributed by atoms with E-state index in [2.05, 4.69) is 275 Å². The summed E-state index contributed by atoms with van der Waals surface area (Å²) >= 11 is 2.97. The van der Waals surface area contributed by atoms with Gasteiger partial charge in [0.2, 0.25) is 0 Å². The second-order valence-electron chi connectivity index (χ2n) is 33.7. The van der Waals surface area contributed by atoms with Crippen molar-refractivity contribution in [1.29, 1.82) is 0 Å². The molecule has 750 valence electrons. The topological polar surface area (TPSA) is 461 Å². The van der Waals surface area contributed by atoms with Crippen molar-refractivity contribution in [2.24, 2.45) is 14.1 Å². The van der Waals surface area contributed by atoms with Gasteiger partial charge in [-0.15, -0.1) is 16.4 Å². The Morgan fingerprint density at radius 3 is 1.82 bits per heavy atom. The van der Waals surface area contributed by atoms with E-state index in [0.29, 0.717) is 22.8 Å². The fourth-order valence-corrected chi connectivity index (χ4v) is 15.8. The van der Waals surface area contributed by atoms with E-state index in [9.17, 15) is 0 Å². The normalized spacial score (nSPS) is 10.4. The van der Waals surface area contributed by atoms with Crippen molar-refractivity contribution in [3.63, 3.8) is 0 Å². The van der Waals surface area contributed by atoms with Crippen LogP contribution in [0.3, 0.4) is 0 Å². The maximum atomic E-state index is 4.38. The first-order valence-corrected chi connectivity index (χ1v) is 48.9. The summed E-state index contributed by atoms with van der Waals surface area (Å²) in [5, 5.41) is 42.6. The van der Waals surface area contributed by atoms with Gasteiger partial charge in [-0.1, -0.05) is 89.4 Å². The summed E-state index contributed by atoms with van der Waals surface area (Å²) in [6.07, 6.45) is 34.8. The first kappa shape index (κ1) is 105. The molecule has 0 atom stereocenters. The number of imidazole rings is 2. The van der Waals surface area contributed by atoms with Gasteiger partial charge in [-0.2, -0.15) is 46.1 Å². The second-order valence-corrected chi connectivity index (χ2v) is 35.4. The van der Waals surface area contributed by atoms with E-state index in [-0.39, 0.29) is 0 Å². The Bertz CT molecular complexity index is 8610. The number of H-pyrrole nitrogens is 4. The molecule has 0 unspecified atom stereocenters. The summed E-state index contributed by atoms with van der Waals surface area (Å²) in [6, 6.07) is 64.6. The average molecular weight is 2030 g/mol. The van der Waals surface area contributed by atoms with Gasteiger partial charge in [0.1, 0.15) is 102 Å². The highest BCUT2D eigenvalue weighted by Gasteiger charge is 2.10. The van der Waals surface area contributed by atoms with Gasteiger partial charge in [0.25, 0.3) is 0 Å². The zero-order valence-electron chi connectivity index (χ0n) is 85.6. The number of benzene rings is 6. The molecule has 0 saturated heterocycles. The number of fused-ring (bicyclic) bond motifs is 12. The van der Waals surface area contributed by atoms with Crippen LogP contribution in [-0.4, -0.2) is 188 Å². The summed E-state index contributed by atoms with van der Waals surface area (Å²) in [5.74, 6) is 3.29. The van der Waals surface area contributed by atoms with Crippen LogP contribution in [0.15, 0.2) is 324 Å². The Kier molecular flexibility index (Phi) is 36.3. The van der Waals surface area contributed by atoms with Crippen LogP contribution in [0.4, 0.5) is 0 Å². The summed E-state index contributed by atoms with van der Waals surface area (Å²) in [6.45, 7) is 30.1. The number of hydrogen-bond acceptors (Lipinski definition) is 31. The van der Waals surface area contributed by atoms with Crippen molar-refractivity contribution in [3.8, 4) is 17.1 Å². The number of nitrogens with one attached hydrogen (secondary N) is 4. The Morgan fingerprint density at radius 1 is 0.380 bits per heavy atom.